The molecule has 1 N–H and O–H groups in total. The van der Waals surface area contributed by atoms with Crippen LogP contribution in [0.15, 0.2) is 42.5 Å². The number of aromatic nitrogens is 2. The summed E-state index contributed by atoms with van der Waals surface area (Å²) in [7, 11) is 1.57. The zero-order valence-corrected chi connectivity index (χ0v) is 16.6. The average Bonchev–Trinajstić information content (AvgIpc) is 3.31. The van der Waals surface area contributed by atoms with E-state index in [-0.39, 0.29) is 18.4 Å². The van der Waals surface area contributed by atoms with E-state index in [0.29, 0.717) is 24.4 Å². The van der Waals surface area contributed by atoms with E-state index in [2.05, 4.69) is 10.3 Å². The molecule has 2 aromatic carbocycles. The molecule has 29 heavy (non-hydrogen) atoms. The zero-order valence-electron chi connectivity index (χ0n) is 16.6. The van der Waals surface area contributed by atoms with Crippen LogP contribution in [0.25, 0.3) is 11.0 Å². The highest BCUT2D eigenvalue weighted by atomic mass is 16.5. The second-order valence-electron chi connectivity index (χ2n) is 7.04. The number of amides is 2. The molecule has 1 aliphatic rings. The standard InChI is InChI=1S/C22H24N4O3/c1-3-20-24-16-7-4-5-8-17(16)26(20)14-21(27)23-15-10-11-18(19(13-15)29-2)25-12-6-9-22(25)28/h4-5,7-8,10-11,13H,3,6,9,12,14H2,1-2H3,(H,23,27). The molecular weight excluding hydrogens is 368 g/mol. The van der Waals surface area contributed by atoms with Crippen LogP contribution in [0.3, 0.4) is 0 Å². The normalized spacial score (nSPS) is 13.9. The van der Waals surface area contributed by atoms with E-state index in [4.69, 9.17) is 4.74 Å². The molecule has 0 spiro atoms. The molecule has 4 rings (SSSR count). The number of carbonyl (C=O) groups is 2. The number of hydrogen-bond acceptors (Lipinski definition) is 4. The number of benzene rings is 2. The first-order valence-corrected chi connectivity index (χ1v) is 9.83. The summed E-state index contributed by atoms with van der Waals surface area (Å²) >= 11 is 0. The summed E-state index contributed by atoms with van der Waals surface area (Å²) in [6.45, 7) is 2.89. The van der Waals surface area contributed by atoms with Crippen LogP contribution in [0.2, 0.25) is 0 Å². The quantitative estimate of drug-likeness (QED) is 0.698. The second-order valence-corrected chi connectivity index (χ2v) is 7.04. The minimum Gasteiger partial charge on any atom is -0.494 e. The lowest BCUT2D eigenvalue weighted by Crippen LogP contribution is -2.24. The summed E-state index contributed by atoms with van der Waals surface area (Å²) < 4.78 is 7.41. The topological polar surface area (TPSA) is 76.5 Å². The first kappa shape index (κ1) is 19.0. The molecule has 0 atom stereocenters. The number of anilines is 2. The van der Waals surface area contributed by atoms with E-state index in [0.717, 1.165) is 35.4 Å². The number of methoxy groups -OCH3 is 1. The van der Waals surface area contributed by atoms with Crippen molar-refractivity contribution in [3.63, 3.8) is 0 Å². The molecule has 0 aliphatic carbocycles. The van der Waals surface area contributed by atoms with Gasteiger partial charge in [0.15, 0.2) is 0 Å². The maximum absolute atomic E-state index is 12.7. The van der Waals surface area contributed by atoms with Crippen molar-refractivity contribution >= 4 is 34.2 Å². The van der Waals surface area contributed by atoms with Gasteiger partial charge >= 0.3 is 0 Å². The number of nitrogens with zero attached hydrogens (tertiary/aromatic N) is 3. The highest BCUT2D eigenvalue weighted by Gasteiger charge is 2.24. The van der Waals surface area contributed by atoms with Crippen LogP contribution in [-0.4, -0.2) is 35.0 Å². The molecule has 7 heteroatoms. The first-order valence-electron chi connectivity index (χ1n) is 9.83. The van der Waals surface area contributed by atoms with E-state index in [1.807, 2.05) is 41.8 Å². The molecule has 2 heterocycles. The van der Waals surface area contributed by atoms with Crippen LogP contribution >= 0.6 is 0 Å². The summed E-state index contributed by atoms with van der Waals surface area (Å²) in [5, 5.41) is 2.93. The maximum atomic E-state index is 12.7. The number of imidazole rings is 1. The van der Waals surface area contributed by atoms with Gasteiger partial charge in [-0.25, -0.2) is 4.98 Å². The van der Waals surface area contributed by atoms with Crippen LogP contribution in [0, 0.1) is 0 Å². The van der Waals surface area contributed by atoms with E-state index < -0.39 is 0 Å². The maximum Gasteiger partial charge on any atom is 0.244 e. The lowest BCUT2D eigenvalue weighted by atomic mass is 10.2. The third-order valence-electron chi connectivity index (χ3n) is 5.18. The van der Waals surface area contributed by atoms with Crippen LogP contribution in [0.4, 0.5) is 11.4 Å². The van der Waals surface area contributed by atoms with Gasteiger partial charge in [-0.15, -0.1) is 0 Å². The number of hydrogen-bond donors (Lipinski definition) is 1. The van der Waals surface area contributed by atoms with Gasteiger partial charge in [-0.2, -0.15) is 0 Å². The van der Waals surface area contributed by atoms with Crippen molar-refractivity contribution in [2.75, 3.05) is 23.9 Å². The molecule has 1 aliphatic heterocycles. The lowest BCUT2D eigenvalue weighted by molar-refractivity contribution is -0.117. The Morgan fingerprint density at radius 2 is 2.07 bits per heavy atom. The Morgan fingerprint density at radius 3 is 2.79 bits per heavy atom. The van der Waals surface area contributed by atoms with Crippen molar-refractivity contribution in [3.05, 3.63) is 48.3 Å². The van der Waals surface area contributed by atoms with E-state index in [9.17, 15) is 9.59 Å². The molecule has 1 saturated heterocycles. The van der Waals surface area contributed by atoms with Gasteiger partial charge in [0.25, 0.3) is 0 Å². The molecule has 7 nitrogen and oxygen atoms in total. The first-order chi connectivity index (χ1) is 14.1. The largest absolute Gasteiger partial charge is 0.494 e. The zero-order chi connectivity index (χ0) is 20.4. The highest BCUT2D eigenvalue weighted by Crippen LogP contribution is 2.33. The molecule has 1 aromatic heterocycles. The van der Waals surface area contributed by atoms with Crippen molar-refractivity contribution in [1.82, 2.24) is 9.55 Å². The smallest absolute Gasteiger partial charge is 0.244 e. The van der Waals surface area contributed by atoms with Crippen molar-refractivity contribution in [1.29, 1.82) is 0 Å². The van der Waals surface area contributed by atoms with Gasteiger partial charge in [-0.3, -0.25) is 9.59 Å². The minimum atomic E-state index is -0.144. The molecule has 0 saturated carbocycles. The summed E-state index contributed by atoms with van der Waals surface area (Å²) in [6, 6.07) is 13.2. The number of aryl methyl sites for hydroxylation is 1. The number of ether oxygens (including phenoxy) is 1. The molecule has 3 aromatic rings. The van der Waals surface area contributed by atoms with Gasteiger partial charge in [-0.05, 0) is 30.7 Å². The summed E-state index contributed by atoms with van der Waals surface area (Å²) in [6.07, 6.45) is 2.15. The van der Waals surface area contributed by atoms with Crippen molar-refractivity contribution < 1.29 is 14.3 Å². The van der Waals surface area contributed by atoms with Gasteiger partial charge in [0.05, 0.1) is 23.8 Å². The van der Waals surface area contributed by atoms with Crippen LogP contribution in [0.1, 0.15) is 25.6 Å². The van der Waals surface area contributed by atoms with E-state index >= 15 is 0 Å². The number of fused-ring (bicyclic) bond motifs is 1. The Bertz CT molecular complexity index is 1070. The number of carbonyl (C=O) groups excluding carboxylic acids is 2. The predicted octanol–water partition coefficient (Wildman–Crippen LogP) is 3.37. The van der Waals surface area contributed by atoms with Gasteiger partial charge in [0, 0.05) is 31.1 Å². The minimum absolute atomic E-state index is 0.0965. The van der Waals surface area contributed by atoms with E-state index in [1.165, 1.54) is 0 Å². The fourth-order valence-corrected chi connectivity index (χ4v) is 3.80. The number of nitrogens with one attached hydrogen (secondary N) is 1. The van der Waals surface area contributed by atoms with Gasteiger partial charge in [0.2, 0.25) is 11.8 Å². The van der Waals surface area contributed by atoms with Gasteiger partial charge in [-0.1, -0.05) is 19.1 Å². The molecule has 2 amide bonds. The Hall–Kier alpha value is -3.35. The van der Waals surface area contributed by atoms with Crippen LogP contribution < -0.4 is 15.0 Å². The number of rotatable bonds is 6. The monoisotopic (exact) mass is 392 g/mol. The molecule has 0 unspecified atom stereocenters. The van der Waals surface area contributed by atoms with Gasteiger partial charge in [0.1, 0.15) is 18.1 Å². The molecule has 0 bridgehead atoms. The van der Waals surface area contributed by atoms with Crippen molar-refractivity contribution in [2.24, 2.45) is 0 Å². The fourth-order valence-electron chi connectivity index (χ4n) is 3.80. The number of para-hydroxylation sites is 2. The van der Waals surface area contributed by atoms with Crippen LogP contribution in [-0.2, 0) is 22.6 Å². The Morgan fingerprint density at radius 1 is 1.24 bits per heavy atom. The molecule has 150 valence electrons. The summed E-state index contributed by atoms with van der Waals surface area (Å²) in [5.74, 6) is 1.40. The summed E-state index contributed by atoms with van der Waals surface area (Å²) in [4.78, 5) is 31.1. The Balaban J connectivity index is 1.54. The second kappa shape index (κ2) is 7.95. The van der Waals surface area contributed by atoms with Crippen LogP contribution in [0.5, 0.6) is 5.75 Å². The fraction of sp³-hybridized carbons (Fsp3) is 0.318. The lowest BCUT2D eigenvalue weighted by Gasteiger charge is -2.19. The predicted molar refractivity (Wildman–Crippen MR) is 112 cm³/mol. The van der Waals surface area contributed by atoms with Gasteiger partial charge < -0.3 is 19.5 Å². The van der Waals surface area contributed by atoms with E-state index in [1.54, 1.807) is 24.1 Å². The molecular formula is C22H24N4O3. The Kier molecular flexibility index (Phi) is 5.20. The third kappa shape index (κ3) is 3.68. The molecule has 0 radical (unpaired) electrons. The third-order valence-corrected chi connectivity index (χ3v) is 5.18. The molecule has 1 fully saturated rings. The summed E-state index contributed by atoms with van der Waals surface area (Å²) in [5.41, 5.74) is 3.20. The Labute approximate surface area is 169 Å². The average molecular weight is 392 g/mol. The van der Waals surface area contributed by atoms with Crippen molar-refractivity contribution in [3.8, 4) is 5.75 Å². The SMILES string of the molecule is CCc1nc2ccccc2n1CC(=O)Nc1ccc(N2CCCC2=O)c(OC)c1. The van der Waals surface area contributed by atoms with Crippen molar-refractivity contribution in [2.45, 2.75) is 32.7 Å². The highest BCUT2D eigenvalue weighted by molar-refractivity contribution is 5.98.